The molecule has 0 aliphatic rings. The van der Waals surface area contributed by atoms with Crippen LogP contribution in [0.2, 0.25) is 0 Å². The quantitative estimate of drug-likeness (QED) is 0.0934. The summed E-state index contributed by atoms with van der Waals surface area (Å²) >= 11 is 0. The van der Waals surface area contributed by atoms with E-state index in [1.54, 1.807) is 0 Å². The summed E-state index contributed by atoms with van der Waals surface area (Å²) in [6, 6.07) is 0. The van der Waals surface area contributed by atoms with Crippen LogP contribution in [0.1, 0.15) is 175 Å². The van der Waals surface area contributed by atoms with E-state index in [0.29, 0.717) is 0 Å². The minimum atomic E-state index is -4.50. The highest BCUT2D eigenvalue weighted by molar-refractivity contribution is 7.46. The largest absolute Gasteiger partial charge is 0.470 e. The third-order valence-electron chi connectivity index (χ3n) is 7.02. The van der Waals surface area contributed by atoms with Gasteiger partial charge in [-0.25, -0.2) is 4.57 Å². The topological polar surface area (TPSA) is 66.8 Å². The number of hydrogen-bond donors (Lipinski definition) is 2. The monoisotopic (exact) mass is 490 g/mol. The molecule has 0 unspecified atom stereocenters. The van der Waals surface area contributed by atoms with Crippen molar-refractivity contribution in [1.82, 2.24) is 0 Å². The summed E-state index contributed by atoms with van der Waals surface area (Å²) in [5, 5.41) is 0. The molecule has 4 nitrogen and oxygen atoms in total. The van der Waals surface area contributed by atoms with Gasteiger partial charge in [-0.2, -0.15) is 0 Å². The Kier molecular flexibility index (Phi) is 22.6. The molecule has 0 aromatic carbocycles. The van der Waals surface area contributed by atoms with E-state index in [2.05, 4.69) is 20.8 Å². The number of unbranched alkanes of at least 4 members (excludes halogenated alkanes) is 18. The first-order valence-corrected chi connectivity index (χ1v) is 16.2. The minimum Gasteiger partial charge on any atom is -0.303 e. The molecule has 0 atom stereocenters. The molecule has 0 amide bonds. The molecule has 0 spiro atoms. The van der Waals surface area contributed by atoms with Gasteiger partial charge in [0.15, 0.2) is 0 Å². The van der Waals surface area contributed by atoms with Crippen molar-refractivity contribution in [2.75, 3.05) is 0 Å². The van der Waals surface area contributed by atoms with Crippen molar-refractivity contribution < 1.29 is 18.9 Å². The molecule has 0 aliphatic carbocycles. The first kappa shape index (κ1) is 33.1. The van der Waals surface area contributed by atoms with Crippen molar-refractivity contribution >= 4 is 7.82 Å². The van der Waals surface area contributed by atoms with Gasteiger partial charge in [-0.1, -0.05) is 156 Å². The van der Waals surface area contributed by atoms with Gasteiger partial charge in [0.05, 0.1) is 5.60 Å². The number of phosphoric ester groups is 1. The molecule has 0 aromatic heterocycles. The summed E-state index contributed by atoms with van der Waals surface area (Å²) in [7, 11) is -4.50. The maximum absolute atomic E-state index is 11.9. The van der Waals surface area contributed by atoms with Gasteiger partial charge in [-0.15, -0.1) is 0 Å². The lowest BCUT2D eigenvalue weighted by Gasteiger charge is -2.34. The highest BCUT2D eigenvalue weighted by Crippen LogP contribution is 2.47. The normalized spacial score (nSPS) is 12.5. The molecule has 0 aliphatic heterocycles. The van der Waals surface area contributed by atoms with Gasteiger partial charge in [0, 0.05) is 0 Å². The average molecular weight is 491 g/mol. The van der Waals surface area contributed by atoms with E-state index in [1.807, 2.05) is 0 Å². The summed E-state index contributed by atoms with van der Waals surface area (Å²) in [5.74, 6) is 0. The molecule has 2 N–H and O–H groups in total. The van der Waals surface area contributed by atoms with E-state index in [9.17, 15) is 14.4 Å². The summed E-state index contributed by atoms with van der Waals surface area (Å²) in [6.45, 7) is 6.70. The van der Waals surface area contributed by atoms with Crippen LogP contribution in [0.15, 0.2) is 0 Å². The molecule has 0 radical (unpaired) electrons. The average Bonchev–Trinajstić information content (AvgIpc) is 2.76. The smallest absolute Gasteiger partial charge is 0.303 e. The van der Waals surface area contributed by atoms with E-state index in [0.717, 1.165) is 57.8 Å². The molecule has 0 saturated heterocycles. The second-order valence-corrected chi connectivity index (χ2v) is 11.5. The lowest BCUT2D eigenvalue weighted by atomic mass is 9.85. The number of hydrogen-bond acceptors (Lipinski definition) is 2. The van der Waals surface area contributed by atoms with Crippen LogP contribution in [-0.4, -0.2) is 15.4 Å². The first-order valence-electron chi connectivity index (χ1n) is 14.7. The second-order valence-electron chi connectivity index (χ2n) is 10.4. The SMILES string of the molecule is CCCCCCCCCCC(CCCCCCC)(CCCCCCCCCC)OP(=O)(O)O. The van der Waals surface area contributed by atoms with E-state index >= 15 is 0 Å². The van der Waals surface area contributed by atoms with Gasteiger partial charge >= 0.3 is 7.82 Å². The van der Waals surface area contributed by atoms with Gasteiger partial charge in [0.1, 0.15) is 0 Å². The van der Waals surface area contributed by atoms with Crippen LogP contribution in [0, 0.1) is 0 Å². The van der Waals surface area contributed by atoms with E-state index < -0.39 is 13.4 Å². The summed E-state index contributed by atoms with van der Waals surface area (Å²) in [4.78, 5) is 19.5. The fraction of sp³-hybridized carbons (Fsp3) is 1.00. The fourth-order valence-corrected chi connectivity index (χ4v) is 5.76. The Morgan fingerprint density at radius 3 is 0.970 bits per heavy atom. The Balaban J connectivity index is 4.68. The maximum Gasteiger partial charge on any atom is 0.470 e. The minimum absolute atomic E-state index is 0.643. The third-order valence-corrected chi connectivity index (χ3v) is 7.65. The standard InChI is InChI=1S/C28H59O4P/c1-4-7-10-13-15-17-20-23-26-28(32-33(29,30)31,25-22-19-12-9-6-3)27-24-21-18-16-14-11-8-5-2/h4-27H2,1-3H3,(H2,29,30,31). The van der Waals surface area contributed by atoms with Crippen LogP contribution in [0.3, 0.4) is 0 Å². The van der Waals surface area contributed by atoms with Crippen molar-refractivity contribution in [3.63, 3.8) is 0 Å². The van der Waals surface area contributed by atoms with Crippen molar-refractivity contribution in [2.45, 2.75) is 180 Å². The fourth-order valence-electron chi connectivity index (χ4n) is 4.98. The molecule has 0 aromatic rings. The Hall–Kier alpha value is 0.110. The molecule has 0 heterocycles. The van der Waals surface area contributed by atoms with Gasteiger partial charge in [-0.05, 0) is 19.3 Å². The number of rotatable bonds is 26. The Morgan fingerprint density at radius 1 is 0.485 bits per heavy atom. The molecule has 200 valence electrons. The Morgan fingerprint density at radius 2 is 0.727 bits per heavy atom. The predicted molar refractivity (Wildman–Crippen MR) is 144 cm³/mol. The molecule has 0 rings (SSSR count). The summed E-state index contributed by atoms with van der Waals surface area (Å²) < 4.78 is 17.5. The van der Waals surface area contributed by atoms with Gasteiger partial charge < -0.3 is 9.79 Å². The lowest BCUT2D eigenvalue weighted by molar-refractivity contribution is 0.00534. The molecule has 33 heavy (non-hydrogen) atoms. The van der Waals surface area contributed by atoms with Crippen molar-refractivity contribution in [1.29, 1.82) is 0 Å². The van der Waals surface area contributed by atoms with Crippen LogP contribution in [0.25, 0.3) is 0 Å². The van der Waals surface area contributed by atoms with E-state index in [4.69, 9.17) is 4.52 Å². The zero-order chi connectivity index (χ0) is 24.7. The van der Waals surface area contributed by atoms with Gasteiger partial charge in [0.25, 0.3) is 0 Å². The predicted octanol–water partition coefficient (Wildman–Crippen LogP) is 10.3. The van der Waals surface area contributed by atoms with Crippen molar-refractivity contribution in [2.24, 2.45) is 0 Å². The summed E-state index contributed by atoms with van der Waals surface area (Å²) in [5.41, 5.74) is -0.643. The lowest BCUT2D eigenvalue weighted by Crippen LogP contribution is -2.32. The van der Waals surface area contributed by atoms with Crippen LogP contribution >= 0.6 is 7.82 Å². The van der Waals surface area contributed by atoms with Crippen LogP contribution < -0.4 is 0 Å². The van der Waals surface area contributed by atoms with E-state index in [1.165, 1.54) is 96.3 Å². The zero-order valence-corrected chi connectivity index (χ0v) is 23.5. The third kappa shape index (κ3) is 22.3. The van der Waals surface area contributed by atoms with Crippen LogP contribution in [-0.2, 0) is 9.09 Å². The Labute approximate surface area is 207 Å². The maximum atomic E-state index is 11.9. The molecule has 5 heteroatoms. The van der Waals surface area contributed by atoms with Crippen molar-refractivity contribution in [3.8, 4) is 0 Å². The Bertz CT molecular complexity index is 429. The van der Waals surface area contributed by atoms with E-state index in [-0.39, 0.29) is 0 Å². The number of phosphoric acid groups is 1. The van der Waals surface area contributed by atoms with Crippen LogP contribution in [0.4, 0.5) is 0 Å². The molecule has 0 saturated carbocycles. The molecular weight excluding hydrogens is 431 g/mol. The molecule has 0 fully saturated rings. The van der Waals surface area contributed by atoms with Gasteiger partial charge in [0.2, 0.25) is 0 Å². The van der Waals surface area contributed by atoms with Gasteiger partial charge in [-0.3, -0.25) is 4.52 Å². The molecular formula is C28H59O4P. The van der Waals surface area contributed by atoms with Crippen molar-refractivity contribution in [3.05, 3.63) is 0 Å². The van der Waals surface area contributed by atoms with Crippen LogP contribution in [0.5, 0.6) is 0 Å². The summed E-state index contributed by atoms with van der Waals surface area (Å²) in [6.07, 6.45) is 28.0. The highest BCUT2D eigenvalue weighted by atomic mass is 31.2. The second kappa shape index (κ2) is 22.6. The molecule has 0 bridgehead atoms. The first-order chi connectivity index (χ1) is 15.9. The highest BCUT2D eigenvalue weighted by Gasteiger charge is 2.36. The zero-order valence-electron chi connectivity index (χ0n) is 22.6.